The first kappa shape index (κ1) is 16.4. The smallest absolute Gasteiger partial charge is 0.336 e. The van der Waals surface area contributed by atoms with E-state index in [0.29, 0.717) is 6.61 Å². The van der Waals surface area contributed by atoms with E-state index in [1.165, 1.54) is 12.7 Å². The number of hydrogen-bond donors (Lipinski definition) is 2. The molecule has 2 heterocycles. The zero-order valence-corrected chi connectivity index (χ0v) is 13.6. The largest absolute Gasteiger partial charge is 0.466 e. The number of H-pyrrole nitrogens is 1. The predicted molar refractivity (Wildman–Crippen MR) is 87.6 cm³/mol. The van der Waals surface area contributed by atoms with Crippen LogP contribution < -0.4 is 10.1 Å². The molecule has 1 aliphatic rings. The molecule has 1 fully saturated rings. The van der Waals surface area contributed by atoms with Crippen LogP contribution in [-0.4, -0.2) is 58.9 Å². The van der Waals surface area contributed by atoms with Gasteiger partial charge in [-0.25, -0.2) is 5.10 Å². The normalized spacial score (nSPS) is 18.3. The molecule has 8 nitrogen and oxygen atoms in total. The second-order valence-corrected chi connectivity index (χ2v) is 5.64. The van der Waals surface area contributed by atoms with Crippen LogP contribution >= 0.6 is 0 Å². The lowest BCUT2D eigenvalue weighted by Gasteiger charge is -2.32. The molecule has 0 bridgehead atoms. The molecule has 0 saturated carbocycles. The molecule has 1 saturated heterocycles. The predicted octanol–water partition coefficient (Wildman–Crippen LogP) is 1.04. The quantitative estimate of drug-likeness (QED) is 0.822. The summed E-state index contributed by atoms with van der Waals surface area (Å²) in [6.07, 6.45) is 0.140. The molecule has 24 heavy (non-hydrogen) atoms. The highest BCUT2D eigenvalue weighted by Gasteiger charge is 2.23. The number of hydrogen-bond acceptors (Lipinski definition) is 6. The minimum absolute atomic E-state index is 0.132. The highest BCUT2D eigenvalue weighted by molar-refractivity contribution is 5.89. The van der Waals surface area contributed by atoms with Gasteiger partial charge in [0.15, 0.2) is 0 Å². The van der Waals surface area contributed by atoms with Crippen molar-refractivity contribution in [3.8, 4) is 6.01 Å². The van der Waals surface area contributed by atoms with Crippen molar-refractivity contribution in [2.24, 2.45) is 0 Å². The number of amides is 1. The van der Waals surface area contributed by atoms with E-state index in [2.05, 4.69) is 37.5 Å². The molecule has 3 rings (SSSR count). The van der Waals surface area contributed by atoms with Gasteiger partial charge < -0.3 is 9.47 Å². The van der Waals surface area contributed by atoms with E-state index in [-0.39, 0.29) is 30.4 Å². The fraction of sp³-hybridized carbons (Fsp3) is 0.438. The third kappa shape index (κ3) is 4.53. The van der Waals surface area contributed by atoms with Gasteiger partial charge in [-0.05, 0) is 5.56 Å². The average molecular weight is 331 g/mol. The van der Waals surface area contributed by atoms with Crippen molar-refractivity contribution in [3.63, 3.8) is 0 Å². The van der Waals surface area contributed by atoms with E-state index in [9.17, 15) is 4.79 Å². The maximum absolute atomic E-state index is 12.1. The van der Waals surface area contributed by atoms with Crippen LogP contribution in [0.25, 0.3) is 0 Å². The molecular weight excluding hydrogens is 310 g/mol. The van der Waals surface area contributed by atoms with Crippen molar-refractivity contribution in [2.45, 2.75) is 19.1 Å². The lowest BCUT2D eigenvalue weighted by Crippen LogP contribution is -2.43. The van der Waals surface area contributed by atoms with Gasteiger partial charge in [0, 0.05) is 19.6 Å². The fourth-order valence-electron chi connectivity index (χ4n) is 2.67. The van der Waals surface area contributed by atoms with E-state index in [0.717, 1.165) is 19.6 Å². The Morgan fingerprint density at radius 1 is 1.46 bits per heavy atom. The Hall–Kier alpha value is -2.45. The van der Waals surface area contributed by atoms with Gasteiger partial charge in [0.05, 0.1) is 26.2 Å². The van der Waals surface area contributed by atoms with Gasteiger partial charge in [0.1, 0.15) is 0 Å². The summed E-state index contributed by atoms with van der Waals surface area (Å²) < 4.78 is 10.6. The van der Waals surface area contributed by atoms with Gasteiger partial charge >= 0.3 is 6.01 Å². The van der Waals surface area contributed by atoms with Crippen LogP contribution in [0, 0.1) is 0 Å². The number of rotatable bonds is 6. The Bertz CT molecular complexity index is 661. The van der Waals surface area contributed by atoms with Gasteiger partial charge in [-0.1, -0.05) is 30.3 Å². The number of anilines is 1. The molecule has 0 radical (unpaired) electrons. The Balaban J connectivity index is 1.48. The first-order chi connectivity index (χ1) is 11.7. The SMILES string of the molecule is COc1n[nH]c(NC(=O)C[C@@H]2CN(Cc3ccccc3)CCO2)n1. The Morgan fingerprint density at radius 2 is 2.29 bits per heavy atom. The van der Waals surface area contributed by atoms with Crippen LogP contribution in [0.3, 0.4) is 0 Å². The number of carbonyl (C=O) groups is 1. The van der Waals surface area contributed by atoms with Gasteiger partial charge in [-0.15, -0.1) is 5.10 Å². The van der Waals surface area contributed by atoms with E-state index in [4.69, 9.17) is 9.47 Å². The van der Waals surface area contributed by atoms with Crippen LogP contribution in [0.5, 0.6) is 6.01 Å². The number of ether oxygens (including phenoxy) is 2. The van der Waals surface area contributed by atoms with E-state index in [1.54, 1.807) is 0 Å². The third-order valence-corrected chi connectivity index (χ3v) is 3.79. The first-order valence-electron chi connectivity index (χ1n) is 7.87. The minimum atomic E-state index is -0.166. The maximum Gasteiger partial charge on any atom is 0.336 e. The molecule has 128 valence electrons. The van der Waals surface area contributed by atoms with E-state index in [1.807, 2.05) is 18.2 Å². The molecule has 0 spiro atoms. The van der Waals surface area contributed by atoms with Crippen molar-refractivity contribution in [1.29, 1.82) is 0 Å². The summed E-state index contributed by atoms with van der Waals surface area (Å²) in [4.78, 5) is 18.4. The molecule has 1 aromatic heterocycles. The lowest BCUT2D eigenvalue weighted by atomic mass is 10.1. The molecular formula is C16H21N5O3. The van der Waals surface area contributed by atoms with Crippen LogP contribution in [0.2, 0.25) is 0 Å². The Kier molecular flexibility index (Phi) is 5.39. The second-order valence-electron chi connectivity index (χ2n) is 5.64. The average Bonchev–Trinajstić information content (AvgIpc) is 3.03. The zero-order valence-electron chi connectivity index (χ0n) is 13.6. The number of carbonyl (C=O) groups excluding carboxylic acids is 1. The molecule has 1 atom stereocenters. The van der Waals surface area contributed by atoms with Gasteiger partial charge in [0.2, 0.25) is 11.9 Å². The Morgan fingerprint density at radius 3 is 3.04 bits per heavy atom. The lowest BCUT2D eigenvalue weighted by molar-refractivity contribution is -0.121. The van der Waals surface area contributed by atoms with Crippen molar-refractivity contribution >= 4 is 11.9 Å². The van der Waals surface area contributed by atoms with Crippen LogP contribution in [0.1, 0.15) is 12.0 Å². The van der Waals surface area contributed by atoms with Crippen LogP contribution in [0.15, 0.2) is 30.3 Å². The first-order valence-corrected chi connectivity index (χ1v) is 7.87. The summed E-state index contributed by atoms with van der Waals surface area (Å²) in [7, 11) is 1.46. The number of aromatic nitrogens is 3. The Labute approximate surface area is 140 Å². The number of methoxy groups -OCH3 is 1. The standard InChI is InChI=1S/C16H21N5O3/c1-23-16-18-15(19-20-16)17-14(22)9-13-11-21(7-8-24-13)10-12-5-3-2-4-6-12/h2-6,13H,7-11H2,1H3,(H2,17,18,19,20,22)/t13-/m1/s1. The van der Waals surface area contributed by atoms with Crippen molar-refractivity contribution < 1.29 is 14.3 Å². The molecule has 0 unspecified atom stereocenters. The second kappa shape index (κ2) is 7.89. The molecule has 1 aromatic carbocycles. The number of morpholine rings is 1. The topological polar surface area (TPSA) is 92.4 Å². The highest BCUT2D eigenvalue weighted by atomic mass is 16.5. The fourth-order valence-corrected chi connectivity index (χ4v) is 2.67. The summed E-state index contributed by atoms with van der Waals surface area (Å²) in [6, 6.07) is 10.5. The van der Waals surface area contributed by atoms with Crippen molar-refractivity contribution in [2.75, 3.05) is 32.1 Å². The van der Waals surface area contributed by atoms with Crippen molar-refractivity contribution in [3.05, 3.63) is 35.9 Å². The molecule has 1 amide bonds. The van der Waals surface area contributed by atoms with E-state index >= 15 is 0 Å². The maximum atomic E-state index is 12.1. The van der Waals surface area contributed by atoms with Gasteiger partial charge in [-0.2, -0.15) is 4.98 Å². The number of benzene rings is 1. The summed E-state index contributed by atoms with van der Waals surface area (Å²) in [5, 5.41) is 9.04. The van der Waals surface area contributed by atoms with Gasteiger partial charge in [0.25, 0.3) is 0 Å². The molecule has 2 N–H and O–H groups in total. The number of nitrogens with one attached hydrogen (secondary N) is 2. The van der Waals surface area contributed by atoms with E-state index < -0.39 is 0 Å². The zero-order chi connectivity index (χ0) is 16.8. The van der Waals surface area contributed by atoms with Gasteiger partial charge in [-0.3, -0.25) is 15.0 Å². The summed E-state index contributed by atoms with van der Waals surface area (Å²) >= 11 is 0. The van der Waals surface area contributed by atoms with Crippen molar-refractivity contribution in [1.82, 2.24) is 20.1 Å². The van der Waals surface area contributed by atoms with Crippen LogP contribution in [0.4, 0.5) is 5.95 Å². The number of aromatic amines is 1. The third-order valence-electron chi connectivity index (χ3n) is 3.79. The molecule has 2 aromatic rings. The summed E-state index contributed by atoms with van der Waals surface area (Å²) in [6.45, 7) is 3.08. The molecule has 0 aliphatic carbocycles. The number of nitrogens with zero attached hydrogens (tertiary/aromatic N) is 3. The highest BCUT2D eigenvalue weighted by Crippen LogP contribution is 2.13. The summed E-state index contributed by atoms with van der Waals surface area (Å²) in [5.41, 5.74) is 1.26. The molecule has 1 aliphatic heterocycles. The minimum Gasteiger partial charge on any atom is -0.466 e. The monoisotopic (exact) mass is 331 g/mol. The molecule has 8 heteroatoms. The summed E-state index contributed by atoms with van der Waals surface area (Å²) in [5.74, 6) is 0.106. The van der Waals surface area contributed by atoms with Crippen LogP contribution in [-0.2, 0) is 16.1 Å².